The first-order chi connectivity index (χ1) is 5.66. The Kier molecular flexibility index (Phi) is 3.91. The number of methoxy groups -OCH3 is 1. The molecule has 3 heteroatoms. The van der Waals surface area contributed by atoms with Crippen LogP contribution in [0.2, 0.25) is 0 Å². The molecule has 13 heavy (non-hydrogen) atoms. The fraction of sp³-hybridized carbons (Fsp3) is 0.900. The van der Waals surface area contributed by atoms with E-state index in [1.54, 1.807) is 0 Å². The molecule has 0 saturated carbocycles. The van der Waals surface area contributed by atoms with E-state index in [0.717, 1.165) is 6.42 Å². The van der Waals surface area contributed by atoms with E-state index in [-0.39, 0.29) is 17.8 Å². The molecule has 0 amide bonds. The maximum Gasteiger partial charge on any atom is 0.307 e. The highest BCUT2D eigenvalue weighted by atomic mass is 16.5. The summed E-state index contributed by atoms with van der Waals surface area (Å²) in [4.78, 5) is 11.0. The van der Waals surface area contributed by atoms with E-state index >= 15 is 0 Å². The second kappa shape index (κ2) is 4.09. The van der Waals surface area contributed by atoms with Gasteiger partial charge in [0.25, 0.3) is 0 Å². The van der Waals surface area contributed by atoms with Gasteiger partial charge in [-0.15, -0.1) is 0 Å². The molecule has 2 N–H and O–H groups in total. The molecule has 3 nitrogen and oxygen atoms in total. The minimum absolute atomic E-state index is 0.136. The molecule has 0 bridgehead atoms. The van der Waals surface area contributed by atoms with E-state index in [1.807, 2.05) is 6.92 Å². The largest absolute Gasteiger partial charge is 0.469 e. The number of hydrogen-bond acceptors (Lipinski definition) is 3. The van der Waals surface area contributed by atoms with Gasteiger partial charge in [-0.2, -0.15) is 0 Å². The molecule has 0 saturated heterocycles. The van der Waals surface area contributed by atoms with Gasteiger partial charge < -0.3 is 10.5 Å². The summed E-state index contributed by atoms with van der Waals surface area (Å²) in [7, 11) is 1.38. The molecule has 0 aliphatic heterocycles. The number of nitrogens with two attached hydrogens (primary N) is 1. The second-order valence-corrected chi connectivity index (χ2v) is 5.14. The average Bonchev–Trinajstić information content (AvgIpc) is 1.80. The normalized spacial score (nSPS) is 16.5. The maximum absolute atomic E-state index is 11.0. The molecule has 0 aliphatic carbocycles. The molecule has 1 atom stereocenters. The fourth-order valence-corrected chi connectivity index (χ4v) is 1.68. The molecule has 0 rings (SSSR count). The van der Waals surface area contributed by atoms with Crippen molar-refractivity contribution in [1.82, 2.24) is 0 Å². The average molecular weight is 187 g/mol. The van der Waals surface area contributed by atoms with Crippen LogP contribution >= 0.6 is 0 Å². The predicted octanol–water partition coefficient (Wildman–Crippen LogP) is 1.70. The number of carbonyl (C=O) groups is 1. The minimum Gasteiger partial charge on any atom is -0.469 e. The lowest BCUT2D eigenvalue weighted by atomic mass is 9.80. The van der Waals surface area contributed by atoms with Crippen molar-refractivity contribution in [2.45, 2.75) is 46.1 Å². The van der Waals surface area contributed by atoms with Gasteiger partial charge in [-0.3, -0.25) is 4.79 Å². The van der Waals surface area contributed by atoms with Crippen LogP contribution in [-0.4, -0.2) is 18.6 Å². The van der Waals surface area contributed by atoms with Crippen molar-refractivity contribution in [2.75, 3.05) is 7.11 Å². The first kappa shape index (κ1) is 12.4. The first-order valence-electron chi connectivity index (χ1n) is 4.52. The predicted molar refractivity (Wildman–Crippen MR) is 53.3 cm³/mol. The van der Waals surface area contributed by atoms with Crippen LogP contribution in [0, 0.1) is 5.41 Å². The second-order valence-electron chi connectivity index (χ2n) is 5.14. The maximum atomic E-state index is 11.0. The summed E-state index contributed by atoms with van der Waals surface area (Å²) in [5.41, 5.74) is 5.65. The Morgan fingerprint density at radius 1 is 1.31 bits per heavy atom. The van der Waals surface area contributed by atoms with Crippen molar-refractivity contribution in [1.29, 1.82) is 0 Å². The monoisotopic (exact) mass is 187 g/mol. The lowest BCUT2D eigenvalue weighted by Gasteiger charge is -2.31. The highest BCUT2D eigenvalue weighted by molar-refractivity contribution is 5.70. The van der Waals surface area contributed by atoms with E-state index in [0.29, 0.717) is 0 Å². The zero-order valence-electron chi connectivity index (χ0n) is 9.31. The van der Waals surface area contributed by atoms with Crippen LogP contribution in [-0.2, 0) is 9.53 Å². The van der Waals surface area contributed by atoms with Crippen molar-refractivity contribution in [3.05, 3.63) is 0 Å². The molecule has 0 aromatic heterocycles. The van der Waals surface area contributed by atoms with Gasteiger partial charge >= 0.3 is 5.97 Å². The van der Waals surface area contributed by atoms with Crippen LogP contribution < -0.4 is 5.73 Å². The summed E-state index contributed by atoms with van der Waals surface area (Å²) in [6, 6.07) is 0. The van der Waals surface area contributed by atoms with Crippen molar-refractivity contribution < 1.29 is 9.53 Å². The van der Waals surface area contributed by atoms with Gasteiger partial charge in [-0.25, -0.2) is 0 Å². The van der Waals surface area contributed by atoms with Crippen molar-refractivity contribution in [3.63, 3.8) is 0 Å². The Balaban J connectivity index is 4.16. The van der Waals surface area contributed by atoms with Crippen molar-refractivity contribution in [3.8, 4) is 0 Å². The van der Waals surface area contributed by atoms with E-state index in [4.69, 9.17) is 5.73 Å². The van der Waals surface area contributed by atoms with E-state index in [9.17, 15) is 4.79 Å². The Morgan fingerprint density at radius 3 is 2.08 bits per heavy atom. The lowest BCUT2D eigenvalue weighted by molar-refractivity contribution is -0.142. The standard InChI is InChI=1S/C10H21NO2/c1-9(2,3)7-10(4,11)6-8(12)13-5/h6-7,11H2,1-5H3. The third-order valence-corrected chi connectivity index (χ3v) is 1.71. The third kappa shape index (κ3) is 6.58. The summed E-state index contributed by atoms with van der Waals surface area (Å²) in [6.07, 6.45) is 1.08. The molecule has 0 spiro atoms. The topological polar surface area (TPSA) is 52.3 Å². The molecule has 0 radical (unpaired) electrons. The minimum atomic E-state index is -0.467. The summed E-state index contributed by atoms with van der Waals surface area (Å²) in [5, 5.41) is 0. The van der Waals surface area contributed by atoms with E-state index in [1.165, 1.54) is 7.11 Å². The van der Waals surface area contributed by atoms with Crippen molar-refractivity contribution >= 4 is 5.97 Å². The molecule has 1 unspecified atom stereocenters. The fourth-order valence-electron chi connectivity index (χ4n) is 1.68. The molecule has 0 aromatic carbocycles. The number of hydrogen-bond donors (Lipinski definition) is 1. The molecule has 0 aromatic rings. The van der Waals surface area contributed by atoms with Crippen LogP contribution in [0.4, 0.5) is 0 Å². The summed E-state index contributed by atoms with van der Waals surface area (Å²) >= 11 is 0. The van der Waals surface area contributed by atoms with Crippen LogP contribution in [0.15, 0.2) is 0 Å². The van der Waals surface area contributed by atoms with Crippen LogP contribution in [0.5, 0.6) is 0 Å². The Morgan fingerprint density at radius 2 is 1.77 bits per heavy atom. The molecule has 78 valence electrons. The number of rotatable bonds is 3. The van der Waals surface area contributed by atoms with Crippen LogP contribution in [0.25, 0.3) is 0 Å². The zero-order chi connectivity index (χ0) is 10.7. The zero-order valence-corrected chi connectivity index (χ0v) is 9.31. The first-order valence-corrected chi connectivity index (χ1v) is 4.52. The quantitative estimate of drug-likeness (QED) is 0.684. The lowest BCUT2D eigenvalue weighted by Crippen LogP contribution is -2.42. The Bertz CT molecular complexity index is 180. The molecular weight excluding hydrogens is 166 g/mol. The molecule has 0 heterocycles. The highest BCUT2D eigenvalue weighted by Crippen LogP contribution is 2.27. The van der Waals surface area contributed by atoms with E-state index < -0.39 is 5.54 Å². The van der Waals surface area contributed by atoms with Crippen LogP contribution in [0.3, 0.4) is 0 Å². The van der Waals surface area contributed by atoms with Gasteiger partial charge in [0.05, 0.1) is 13.5 Å². The summed E-state index contributed by atoms with van der Waals surface area (Å²) < 4.78 is 4.58. The number of ether oxygens (including phenoxy) is 1. The Labute approximate surface area is 80.6 Å². The molecular formula is C10H21NO2. The van der Waals surface area contributed by atoms with Gasteiger partial charge in [0.15, 0.2) is 0 Å². The Hall–Kier alpha value is -0.570. The van der Waals surface area contributed by atoms with Crippen molar-refractivity contribution in [2.24, 2.45) is 11.1 Å². The highest BCUT2D eigenvalue weighted by Gasteiger charge is 2.28. The van der Waals surface area contributed by atoms with E-state index in [2.05, 4.69) is 25.5 Å². The van der Waals surface area contributed by atoms with Gasteiger partial charge in [0, 0.05) is 5.54 Å². The smallest absolute Gasteiger partial charge is 0.307 e. The number of esters is 1. The van der Waals surface area contributed by atoms with Crippen LogP contribution in [0.1, 0.15) is 40.5 Å². The molecule has 0 fully saturated rings. The van der Waals surface area contributed by atoms with Gasteiger partial charge in [0.1, 0.15) is 0 Å². The van der Waals surface area contributed by atoms with Gasteiger partial charge in [0.2, 0.25) is 0 Å². The summed E-state index contributed by atoms with van der Waals surface area (Å²) in [6.45, 7) is 8.20. The van der Waals surface area contributed by atoms with Gasteiger partial charge in [-0.05, 0) is 18.8 Å². The molecule has 0 aliphatic rings. The van der Waals surface area contributed by atoms with Gasteiger partial charge in [-0.1, -0.05) is 20.8 Å². The number of carbonyl (C=O) groups excluding carboxylic acids is 1. The summed E-state index contributed by atoms with van der Waals surface area (Å²) in [5.74, 6) is -0.241. The third-order valence-electron chi connectivity index (χ3n) is 1.71. The SMILES string of the molecule is COC(=O)CC(C)(N)CC(C)(C)C.